The van der Waals surface area contributed by atoms with E-state index < -0.39 is 30.1 Å². The molecule has 1 unspecified atom stereocenters. The molecule has 9 heteroatoms. The molecule has 1 saturated heterocycles. The van der Waals surface area contributed by atoms with Gasteiger partial charge in [0.2, 0.25) is 5.91 Å². The van der Waals surface area contributed by atoms with Crippen molar-refractivity contribution in [2.75, 3.05) is 13.2 Å². The predicted molar refractivity (Wildman–Crippen MR) is 108 cm³/mol. The van der Waals surface area contributed by atoms with Gasteiger partial charge in [0.15, 0.2) is 5.78 Å². The molecular weight excluding hydrogens is 396 g/mol. The van der Waals surface area contributed by atoms with Crippen LogP contribution in [0.3, 0.4) is 0 Å². The van der Waals surface area contributed by atoms with E-state index in [9.17, 15) is 24.3 Å². The lowest BCUT2D eigenvalue weighted by molar-refractivity contribution is -0.150. The monoisotopic (exact) mass is 424 g/mol. The standard InChI is InChI=1S/C20H28N2O6S/c1-3-28-20(27)15(6-4-8-17(23)14-9-11-29-12-14)21-13(2)18(24)22-10-5-7-16(22)19(25)26/h9,11-13,15-16,21H,3-8,10H2,1-2H3,(H,25,26)/t13-,15?,16-/m0/s1. The zero-order valence-electron chi connectivity index (χ0n) is 16.8. The van der Waals surface area contributed by atoms with E-state index in [4.69, 9.17) is 4.74 Å². The van der Waals surface area contributed by atoms with Crippen LogP contribution in [0.4, 0.5) is 0 Å². The Labute approximate surface area is 174 Å². The topological polar surface area (TPSA) is 113 Å². The molecular formula is C20H28N2O6S. The molecule has 0 spiro atoms. The van der Waals surface area contributed by atoms with E-state index in [0.29, 0.717) is 44.2 Å². The summed E-state index contributed by atoms with van der Waals surface area (Å²) in [5, 5.41) is 15.9. The first-order valence-corrected chi connectivity index (χ1v) is 10.8. The second-order valence-corrected chi connectivity index (χ2v) is 7.83. The van der Waals surface area contributed by atoms with Gasteiger partial charge in [0.25, 0.3) is 0 Å². The largest absolute Gasteiger partial charge is 0.480 e. The number of nitrogens with zero attached hydrogens (tertiary/aromatic N) is 1. The van der Waals surface area contributed by atoms with Gasteiger partial charge in [0.1, 0.15) is 12.1 Å². The fraction of sp³-hybridized carbons (Fsp3) is 0.600. The molecule has 29 heavy (non-hydrogen) atoms. The van der Waals surface area contributed by atoms with E-state index in [2.05, 4.69) is 5.32 Å². The number of carboxylic acid groups (broad SMARTS) is 1. The van der Waals surface area contributed by atoms with Gasteiger partial charge in [0.05, 0.1) is 12.6 Å². The third-order valence-corrected chi connectivity index (χ3v) is 5.64. The summed E-state index contributed by atoms with van der Waals surface area (Å²) in [5.41, 5.74) is 0.660. The molecule has 0 saturated carbocycles. The predicted octanol–water partition coefficient (Wildman–Crippen LogP) is 2.09. The second-order valence-electron chi connectivity index (χ2n) is 7.05. The number of rotatable bonds is 11. The molecule has 1 aromatic rings. The number of nitrogens with one attached hydrogen (secondary N) is 1. The molecule has 160 valence electrons. The van der Waals surface area contributed by atoms with Crippen molar-refractivity contribution < 1.29 is 29.0 Å². The van der Waals surface area contributed by atoms with E-state index in [0.717, 1.165) is 0 Å². The summed E-state index contributed by atoms with van der Waals surface area (Å²) < 4.78 is 5.10. The maximum Gasteiger partial charge on any atom is 0.326 e. The fourth-order valence-electron chi connectivity index (χ4n) is 3.46. The van der Waals surface area contributed by atoms with Crippen LogP contribution in [0.2, 0.25) is 0 Å². The Hall–Kier alpha value is -2.26. The average Bonchev–Trinajstić information content (AvgIpc) is 3.38. The van der Waals surface area contributed by atoms with Crippen LogP contribution in [0.1, 0.15) is 56.3 Å². The minimum absolute atomic E-state index is 0.0133. The molecule has 1 amide bonds. The molecule has 1 aromatic heterocycles. The van der Waals surface area contributed by atoms with E-state index in [-0.39, 0.29) is 18.3 Å². The van der Waals surface area contributed by atoms with Crippen LogP contribution in [0.15, 0.2) is 16.8 Å². The Morgan fingerprint density at radius 3 is 2.76 bits per heavy atom. The first kappa shape index (κ1) is 23.0. The summed E-state index contributed by atoms with van der Waals surface area (Å²) >= 11 is 1.45. The maximum absolute atomic E-state index is 12.7. The highest BCUT2D eigenvalue weighted by Gasteiger charge is 2.37. The van der Waals surface area contributed by atoms with Gasteiger partial charge in [-0.1, -0.05) is 0 Å². The van der Waals surface area contributed by atoms with Gasteiger partial charge < -0.3 is 14.7 Å². The van der Waals surface area contributed by atoms with Crippen molar-refractivity contribution in [3.63, 3.8) is 0 Å². The number of hydrogen-bond acceptors (Lipinski definition) is 7. The van der Waals surface area contributed by atoms with Crippen LogP contribution < -0.4 is 5.32 Å². The fourth-order valence-corrected chi connectivity index (χ4v) is 4.12. The minimum atomic E-state index is -1.02. The van der Waals surface area contributed by atoms with Crippen molar-refractivity contribution in [1.82, 2.24) is 10.2 Å². The molecule has 0 radical (unpaired) electrons. The summed E-state index contributed by atoms with van der Waals surface area (Å²) in [5.74, 6) is -1.83. The molecule has 3 atom stereocenters. The Bertz CT molecular complexity index is 721. The van der Waals surface area contributed by atoms with E-state index in [1.807, 2.05) is 5.38 Å². The number of likely N-dealkylation sites (tertiary alicyclic amines) is 1. The first-order chi connectivity index (χ1) is 13.8. The number of hydrogen-bond donors (Lipinski definition) is 2. The Balaban J connectivity index is 1.94. The highest BCUT2D eigenvalue weighted by atomic mass is 32.1. The average molecular weight is 425 g/mol. The zero-order valence-corrected chi connectivity index (χ0v) is 17.6. The number of thiophene rings is 1. The third kappa shape index (κ3) is 6.37. The van der Waals surface area contributed by atoms with E-state index in [1.165, 1.54) is 16.2 Å². The van der Waals surface area contributed by atoms with E-state index >= 15 is 0 Å². The number of ether oxygens (including phenoxy) is 1. The molecule has 2 N–H and O–H groups in total. The Morgan fingerprint density at radius 1 is 1.38 bits per heavy atom. The van der Waals surface area contributed by atoms with Gasteiger partial charge in [-0.25, -0.2) is 4.79 Å². The molecule has 0 bridgehead atoms. The summed E-state index contributed by atoms with van der Waals surface area (Å²) in [6, 6.07) is -0.535. The number of aliphatic carboxylic acids is 1. The highest BCUT2D eigenvalue weighted by Crippen LogP contribution is 2.19. The molecule has 2 rings (SSSR count). The van der Waals surface area contributed by atoms with Crippen LogP contribution in [0.25, 0.3) is 0 Å². The molecule has 8 nitrogen and oxygen atoms in total. The lowest BCUT2D eigenvalue weighted by Gasteiger charge is -2.27. The van der Waals surface area contributed by atoms with Crippen molar-refractivity contribution >= 4 is 35.0 Å². The van der Waals surface area contributed by atoms with Crippen LogP contribution >= 0.6 is 11.3 Å². The van der Waals surface area contributed by atoms with Gasteiger partial charge in [-0.05, 0) is 51.0 Å². The van der Waals surface area contributed by atoms with Crippen LogP contribution in [0.5, 0.6) is 0 Å². The number of carbonyl (C=O) groups is 4. The van der Waals surface area contributed by atoms with Crippen LogP contribution in [0, 0.1) is 0 Å². The highest BCUT2D eigenvalue weighted by molar-refractivity contribution is 7.08. The normalized spacial score (nSPS) is 18.3. The third-order valence-electron chi connectivity index (χ3n) is 4.95. The van der Waals surface area contributed by atoms with Crippen LogP contribution in [-0.4, -0.2) is 64.9 Å². The SMILES string of the molecule is CCOC(=O)C(CCCC(=O)c1ccsc1)N[C@@H](C)C(=O)N1CCC[C@H]1C(=O)O. The number of Topliss-reactive ketones (excluding diaryl/α,β-unsaturated/α-hetero) is 1. The van der Waals surface area contributed by atoms with Crippen molar-refractivity contribution in [2.45, 2.75) is 64.1 Å². The van der Waals surface area contributed by atoms with Gasteiger partial charge in [-0.3, -0.25) is 19.7 Å². The van der Waals surface area contributed by atoms with Gasteiger partial charge in [-0.15, -0.1) is 0 Å². The van der Waals surface area contributed by atoms with Crippen LogP contribution in [-0.2, 0) is 19.1 Å². The number of ketones is 1. The molecule has 1 aliphatic rings. The van der Waals surface area contributed by atoms with E-state index in [1.54, 1.807) is 25.3 Å². The number of esters is 1. The number of carboxylic acids is 1. The van der Waals surface area contributed by atoms with Crippen molar-refractivity contribution in [2.24, 2.45) is 0 Å². The minimum Gasteiger partial charge on any atom is -0.480 e. The van der Waals surface area contributed by atoms with Gasteiger partial charge in [0, 0.05) is 23.9 Å². The maximum atomic E-state index is 12.7. The Morgan fingerprint density at radius 2 is 2.14 bits per heavy atom. The summed E-state index contributed by atoms with van der Waals surface area (Å²) in [6.07, 6.45) is 2.17. The lowest BCUT2D eigenvalue weighted by Crippen LogP contribution is -2.53. The number of amides is 1. The summed E-state index contributed by atoms with van der Waals surface area (Å²) in [4.78, 5) is 49.8. The smallest absolute Gasteiger partial charge is 0.326 e. The van der Waals surface area contributed by atoms with Crippen molar-refractivity contribution in [1.29, 1.82) is 0 Å². The quantitative estimate of drug-likeness (QED) is 0.413. The molecule has 0 aliphatic carbocycles. The summed E-state index contributed by atoms with van der Waals surface area (Å²) in [6.45, 7) is 3.91. The first-order valence-electron chi connectivity index (χ1n) is 9.86. The Kier molecular flexibility index (Phi) is 8.78. The zero-order chi connectivity index (χ0) is 21.4. The van der Waals surface area contributed by atoms with Crippen molar-refractivity contribution in [3.05, 3.63) is 22.4 Å². The molecule has 2 heterocycles. The van der Waals surface area contributed by atoms with Gasteiger partial charge >= 0.3 is 11.9 Å². The van der Waals surface area contributed by atoms with Crippen molar-refractivity contribution in [3.8, 4) is 0 Å². The second kappa shape index (κ2) is 11.1. The van der Waals surface area contributed by atoms with Gasteiger partial charge in [-0.2, -0.15) is 11.3 Å². The molecule has 1 aliphatic heterocycles. The number of carbonyl (C=O) groups excluding carboxylic acids is 3. The lowest BCUT2D eigenvalue weighted by atomic mass is 10.0. The molecule has 0 aromatic carbocycles. The summed E-state index contributed by atoms with van der Waals surface area (Å²) in [7, 11) is 0. The molecule has 1 fully saturated rings.